The summed E-state index contributed by atoms with van der Waals surface area (Å²) in [4.78, 5) is 10.7. The van der Waals surface area contributed by atoms with E-state index in [1.165, 1.54) is 6.92 Å². The number of rotatable bonds is 1. The van der Waals surface area contributed by atoms with Crippen LogP contribution in [0.4, 0.5) is 13.2 Å². The van der Waals surface area contributed by atoms with Crippen LogP contribution < -0.4 is 0 Å². The molecule has 1 rings (SSSR count). The van der Waals surface area contributed by atoms with Crippen molar-refractivity contribution in [2.24, 2.45) is 0 Å². The quantitative estimate of drug-likeness (QED) is 0.802. The molecule has 1 N–H and O–H groups in total. The molecular weight excluding hydrogens is 324 g/mol. The Morgan fingerprint density at radius 3 is 2.33 bits per heavy atom. The molecule has 0 unspecified atom stereocenters. The smallest absolute Gasteiger partial charge is 0.416 e. The number of carboxylic acids is 1. The normalized spacial score (nSPS) is 11.5. The van der Waals surface area contributed by atoms with Gasteiger partial charge in [0.05, 0.1) is 11.1 Å². The first kappa shape index (κ1) is 12.3. The van der Waals surface area contributed by atoms with Crippen molar-refractivity contribution in [2.45, 2.75) is 13.1 Å². The minimum atomic E-state index is -4.52. The fourth-order valence-corrected chi connectivity index (χ4v) is 1.69. The average Bonchev–Trinajstić information content (AvgIpc) is 2.06. The topological polar surface area (TPSA) is 37.3 Å². The summed E-state index contributed by atoms with van der Waals surface area (Å²) >= 11 is 1.69. The van der Waals surface area contributed by atoms with Gasteiger partial charge in [0.1, 0.15) is 0 Å². The van der Waals surface area contributed by atoms with Crippen LogP contribution in [0.15, 0.2) is 12.1 Å². The number of benzene rings is 1. The highest BCUT2D eigenvalue weighted by atomic mass is 127. The van der Waals surface area contributed by atoms with Gasteiger partial charge in [-0.25, -0.2) is 4.79 Å². The largest absolute Gasteiger partial charge is 0.478 e. The molecule has 0 aliphatic heterocycles. The highest BCUT2D eigenvalue weighted by Crippen LogP contribution is 2.32. The number of halogens is 4. The zero-order valence-corrected chi connectivity index (χ0v) is 9.68. The van der Waals surface area contributed by atoms with E-state index in [4.69, 9.17) is 5.11 Å². The Labute approximate surface area is 97.2 Å². The van der Waals surface area contributed by atoms with E-state index in [2.05, 4.69) is 0 Å². The highest BCUT2D eigenvalue weighted by Gasteiger charge is 2.32. The maximum Gasteiger partial charge on any atom is 0.416 e. The fraction of sp³-hybridized carbons (Fsp3) is 0.222. The van der Waals surface area contributed by atoms with Crippen LogP contribution >= 0.6 is 22.6 Å². The number of carbonyl (C=O) groups is 1. The zero-order chi connectivity index (χ0) is 11.8. The van der Waals surface area contributed by atoms with Crippen molar-refractivity contribution in [3.8, 4) is 0 Å². The van der Waals surface area contributed by atoms with E-state index >= 15 is 0 Å². The van der Waals surface area contributed by atoms with Gasteiger partial charge in [-0.05, 0) is 47.2 Å². The predicted octanol–water partition coefficient (Wildman–Crippen LogP) is 3.32. The van der Waals surface area contributed by atoms with E-state index < -0.39 is 17.7 Å². The molecule has 0 radical (unpaired) electrons. The van der Waals surface area contributed by atoms with Gasteiger partial charge in [-0.15, -0.1) is 0 Å². The molecule has 1 aromatic carbocycles. The summed E-state index contributed by atoms with van der Waals surface area (Å²) in [5.41, 5.74) is -0.903. The molecule has 82 valence electrons. The van der Waals surface area contributed by atoms with Gasteiger partial charge >= 0.3 is 12.1 Å². The summed E-state index contributed by atoms with van der Waals surface area (Å²) in [6.07, 6.45) is -4.52. The Kier molecular flexibility index (Phi) is 3.27. The minimum absolute atomic E-state index is 0.292. The number of alkyl halides is 3. The molecule has 0 atom stereocenters. The number of carboxylic acid groups (broad SMARTS) is 1. The second-order valence-electron chi connectivity index (χ2n) is 2.93. The van der Waals surface area contributed by atoms with E-state index in [-0.39, 0.29) is 5.56 Å². The van der Waals surface area contributed by atoms with E-state index in [1.54, 1.807) is 22.6 Å². The molecule has 0 amide bonds. The molecule has 0 aliphatic carbocycles. The monoisotopic (exact) mass is 330 g/mol. The second-order valence-corrected chi connectivity index (χ2v) is 4.10. The standard InChI is InChI=1S/C9H6F3IO2/c1-4-6(8(14)15)2-5(3-7(4)13)9(10,11)12/h2-3H,1H3,(H,14,15). The first-order valence-electron chi connectivity index (χ1n) is 3.84. The first-order chi connectivity index (χ1) is 6.73. The van der Waals surface area contributed by atoms with Crippen LogP contribution in [0.25, 0.3) is 0 Å². The number of hydrogen-bond acceptors (Lipinski definition) is 1. The predicted molar refractivity (Wildman–Crippen MR) is 55.9 cm³/mol. The van der Waals surface area contributed by atoms with Crippen molar-refractivity contribution in [3.05, 3.63) is 32.4 Å². The molecule has 0 spiro atoms. The zero-order valence-electron chi connectivity index (χ0n) is 7.52. The van der Waals surface area contributed by atoms with Crippen molar-refractivity contribution in [1.29, 1.82) is 0 Å². The van der Waals surface area contributed by atoms with Crippen LogP contribution in [0.5, 0.6) is 0 Å². The molecular formula is C9H6F3IO2. The summed E-state index contributed by atoms with van der Waals surface area (Å²) in [7, 11) is 0. The minimum Gasteiger partial charge on any atom is -0.478 e. The molecule has 0 saturated carbocycles. The third-order valence-electron chi connectivity index (χ3n) is 1.90. The van der Waals surface area contributed by atoms with Crippen LogP contribution in [0.1, 0.15) is 21.5 Å². The van der Waals surface area contributed by atoms with Gasteiger partial charge in [0, 0.05) is 3.57 Å². The molecule has 0 saturated heterocycles. The SMILES string of the molecule is Cc1c(I)cc(C(F)(F)F)cc1C(=O)O. The van der Waals surface area contributed by atoms with Crippen molar-refractivity contribution >= 4 is 28.6 Å². The lowest BCUT2D eigenvalue weighted by molar-refractivity contribution is -0.137. The van der Waals surface area contributed by atoms with Crippen LogP contribution in [0.3, 0.4) is 0 Å². The van der Waals surface area contributed by atoms with Crippen LogP contribution in [0.2, 0.25) is 0 Å². The van der Waals surface area contributed by atoms with Gasteiger partial charge in [0.15, 0.2) is 0 Å². The number of aromatic carboxylic acids is 1. The fourth-order valence-electron chi connectivity index (χ4n) is 1.06. The van der Waals surface area contributed by atoms with Gasteiger partial charge in [0.2, 0.25) is 0 Å². The highest BCUT2D eigenvalue weighted by molar-refractivity contribution is 14.1. The van der Waals surface area contributed by atoms with Gasteiger partial charge in [-0.1, -0.05) is 0 Å². The first-order valence-corrected chi connectivity index (χ1v) is 4.92. The molecule has 0 bridgehead atoms. The molecule has 0 heterocycles. The Morgan fingerprint density at radius 1 is 1.40 bits per heavy atom. The van der Waals surface area contributed by atoms with Crippen LogP contribution in [-0.2, 0) is 6.18 Å². The molecule has 1 aromatic rings. The Bertz CT molecular complexity index is 413. The lowest BCUT2D eigenvalue weighted by Gasteiger charge is -2.10. The molecule has 2 nitrogen and oxygen atoms in total. The van der Waals surface area contributed by atoms with E-state index in [1.807, 2.05) is 0 Å². The number of hydrogen-bond donors (Lipinski definition) is 1. The Hall–Kier alpha value is -0.790. The van der Waals surface area contributed by atoms with Gasteiger partial charge in [-0.3, -0.25) is 0 Å². The van der Waals surface area contributed by atoms with E-state index in [0.29, 0.717) is 15.2 Å². The van der Waals surface area contributed by atoms with Crippen molar-refractivity contribution in [2.75, 3.05) is 0 Å². The summed E-state index contributed by atoms with van der Waals surface area (Å²) < 4.78 is 37.3. The average molecular weight is 330 g/mol. The van der Waals surface area contributed by atoms with Crippen molar-refractivity contribution in [1.82, 2.24) is 0 Å². The van der Waals surface area contributed by atoms with Crippen molar-refractivity contribution in [3.63, 3.8) is 0 Å². The van der Waals surface area contributed by atoms with E-state index in [0.717, 1.165) is 6.07 Å². The van der Waals surface area contributed by atoms with Crippen molar-refractivity contribution < 1.29 is 23.1 Å². The molecule has 0 fully saturated rings. The third kappa shape index (κ3) is 2.61. The summed E-state index contributed by atoms with van der Waals surface area (Å²) in [5.74, 6) is -1.35. The molecule has 15 heavy (non-hydrogen) atoms. The maximum absolute atomic E-state index is 12.3. The summed E-state index contributed by atoms with van der Waals surface area (Å²) in [6, 6.07) is 1.59. The van der Waals surface area contributed by atoms with Gasteiger partial charge in [0.25, 0.3) is 0 Å². The lowest BCUT2D eigenvalue weighted by Crippen LogP contribution is -2.10. The third-order valence-corrected chi connectivity index (χ3v) is 3.02. The maximum atomic E-state index is 12.3. The van der Waals surface area contributed by atoms with Gasteiger partial charge in [-0.2, -0.15) is 13.2 Å². The lowest BCUT2D eigenvalue weighted by atomic mass is 10.1. The van der Waals surface area contributed by atoms with E-state index in [9.17, 15) is 18.0 Å². The second kappa shape index (κ2) is 3.99. The molecule has 0 aromatic heterocycles. The molecule has 6 heteroatoms. The summed E-state index contributed by atoms with van der Waals surface area (Å²) in [5, 5.41) is 8.71. The van der Waals surface area contributed by atoms with Crippen LogP contribution in [0, 0.1) is 10.5 Å². The van der Waals surface area contributed by atoms with Crippen LogP contribution in [-0.4, -0.2) is 11.1 Å². The Morgan fingerprint density at radius 2 is 1.93 bits per heavy atom. The molecule has 0 aliphatic rings. The van der Waals surface area contributed by atoms with Gasteiger partial charge < -0.3 is 5.11 Å². The summed E-state index contributed by atoms with van der Waals surface area (Å²) in [6.45, 7) is 1.48. The Balaban J connectivity index is 3.43.